The van der Waals surface area contributed by atoms with E-state index in [9.17, 15) is 0 Å². The molecule has 0 unspecified atom stereocenters. The normalized spacial score (nSPS) is 10.2. The van der Waals surface area contributed by atoms with Crippen molar-refractivity contribution in [2.75, 3.05) is 13.4 Å². The number of ether oxygens (including phenoxy) is 2. The maximum absolute atomic E-state index is 5.54. The molecule has 0 aliphatic carbocycles. The van der Waals surface area contributed by atoms with Crippen molar-refractivity contribution in [2.45, 2.75) is 11.8 Å². The maximum atomic E-state index is 5.54. The molecule has 2 rings (SSSR count). The molecule has 0 radical (unpaired) electrons. The average molecular weight is 252 g/mol. The van der Waals surface area contributed by atoms with E-state index in [1.807, 2.05) is 30.5 Å². The van der Waals surface area contributed by atoms with Crippen molar-refractivity contribution in [2.24, 2.45) is 0 Å². The van der Waals surface area contributed by atoms with Crippen LogP contribution in [0.1, 0.15) is 5.89 Å². The second-order valence-corrected chi connectivity index (χ2v) is 3.86. The fourth-order valence-electron chi connectivity index (χ4n) is 1.26. The van der Waals surface area contributed by atoms with Gasteiger partial charge in [0.15, 0.2) is 18.1 Å². The first-order valence-corrected chi connectivity index (χ1v) is 6.18. The summed E-state index contributed by atoms with van der Waals surface area (Å²) in [6, 6.07) is 7.41. The third-order valence-corrected chi connectivity index (χ3v) is 2.56. The van der Waals surface area contributed by atoms with Crippen molar-refractivity contribution in [1.82, 2.24) is 10.2 Å². The molecule has 90 valence electrons. The Hall–Kier alpha value is -1.69. The molecule has 0 fully saturated rings. The number of methoxy groups -OCH3 is 1. The molecule has 2 aromatic rings. The molecule has 0 aliphatic heterocycles. The quantitative estimate of drug-likeness (QED) is 0.761. The fourth-order valence-corrected chi connectivity index (χ4v) is 1.56. The second-order valence-electron chi connectivity index (χ2n) is 3.11. The first-order valence-electron chi connectivity index (χ1n) is 4.95. The number of aromatic nitrogens is 2. The molecular weight excluding hydrogens is 240 g/mol. The highest BCUT2D eigenvalue weighted by Crippen LogP contribution is 2.26. The summed E-state index contributed by atoms with van der Waals surface area (Å²) in [5, 5.41) is 8.21. The summed E-state index contributed by atoms with van der Waals surface area (Å²) in [5.41, 5.74) is 0. The van der Waals surface area contributed by atoms with Crippen LogP contribution in [0.2, 0.25) is 0 Å². The molecule has 0 amide bonds. The Labute approximate surface area is 103 Å². The Morgan fingerprint density at radius 1 is 1.24 bits per heavy atom. The Kier molecular flexibility index (Phi) is 3.87. The minimum absolute atomic E-state index is 0.230. The molecule has 0 aliphatic rings. The van der Waals surface area contributed by atoms with Gasteiger partial charge in [0.25, 0.3) is 11.1 Å². The van der Waals surface area contributed by atoms with Gasteiger partial charge < -0.3 is 13.9 Å². The van der Waals surface area contributed by atoms with E-state index in [0.29, 0.717) is 22.6 Å². The predicted octanol–water partition coefficient (Wildman–Crippen LogP) is 2.38. The van der Waals surface area contributed by atoms with Crippen LogP contribution >= 0.6 is 11.8 Å². The number of hydrogen-bond donors (Lipinski definition) is 0. The number of hydrogen-bond acceptors (Lipinski definition) is 6. The smallest absolute Gasteiger partial charge is 0.276 e. The predicted molar refractivity (Wildman–Crippen MR) is 63.4 cm³/mol. The van der Waals surface area contributed by atoms with Gasteiger partial charge in [-0.25, -0.2) is 0 Å². The Morgan fingerprint density at radius 3 is 2.65 bits per heavy atom. The number of rotatable bonds is 5. The molecule has 0 atom stereocenters. The number of benzene rings is 1. The Bertz CT molecular complexity index is 487. The highest BCUT2D eigenvalue weighted by Gasteiger charge is 2.07. The zero-order valence-corrected chi connectivity index (χ0v) is 10.4. The van der Waals surface area contributed by atoms with Gasteiger partial charge in [-0.2, -0.15) is 0 Å². The topological polar surface area (TPSA) is 57.4 Å². The van der Waals surface area contributed by atoms with E-state index in [1.54, 1.807) is 7.11 Å². The summed E-state index contributed by atoms with van der Waals surface area (Å²) in [4.78, 5) is 0. The molecule has 17 heavy (non-hydrogen) atoms. The van der Waals surface area contributed by atoms with Crippen LogP contribution < -0.4 is 9.47 Å². The van der Waals surface area contributed by atoms with Crippen molar-refractivity contribution in [1.29, 1.82) is 0 Å². The third-order valence-electron chi connectivity index (χ3n) is 2.04. The van der Waals surface area contributed by atoms with Gasteiger partial charge >= 0.3 is 0 Å². The minimum Gasteiger partial charge on any atom is -0.493 e. The van der Waals surface area contributed by atoms with Crippen molar-refractivity contribution in [3.05, 3.63) is 30.2 Å². The van der Waals surface area contributed by atoms with Crippen LogP contribution in [0.15, 0.2) is 33.9 Å². The van der Waals surface area contributed by atoms with E-state index in [1.165, 1.54) is 11.8 Å². The van der Waals surface area contributed by atoms with Gasteiger partial charge in [0, 0.05) is 0 Å². The summed E-state index contributed by atoms with van der Waals surface area (Å²) >= 11 is 1.40. The van der Waals surface area contributed by atoms with Crippen molar-refractivity contribution >= 4 is 11.8 Å². The second kappa shape index (κ2) is 5.58. The minimum atomic E-state index is 0.230. The van der Waals surface area contributed by atoms with Gasteiger partial charge in [0.05, 0.1) is 7.11 Å². The van der Waals surface area contributed by atoms with Crippen LogP contribution in [-0.2, 0) is 6.61 Å². The standard InChI is InChI=1S/C11H12N2O3S/c1-14-8-5-3-4-6-9(8)15-7-10-12-13-11(16-10)17-2/h3-6H,7H2,1-2H3. The molecule has 0 saturated heterocycles. The van der Waals surface area contributed by atoms with Crippen LogP contribution in [-0.4, -0.2) is 23.6 Å². The first kappa shape index (κ1) is 11.8. The first-order chi connectivity index (χ1) is 8.33. The highest BCUT2D eigenvalue weighted by molar-refractivity contribution is 7.98. The number of para-hydroxylation sites is 2. The zero-order valence-electron chi connectivity index (χ0n) is 9.54. The summed E-state index contributed by atoms with van der Waals surface area (Å²) in [5.74, 6) is 1.77. The molecular formula is C11H12N2O3S. The molecule has 0 bridgehead atoms. The Morgan fingerprint density at radius 2 is 2.00 bits per heavy atom. The van der Waals surface area contributed by atoms with Crippen molar-refractivity contribution in [3.8, 4) is 11.5 Å². The van der Waals surface area contributed by atoms with E-state index < -0.39 is 0 Å². The van der Waals surface area contributed by atoms with E-state index >= 15 is 0 Å². The van der Waals surface area contributed by atoms with Crippen LogP contribution in [0.5, 0.6) is 11.5 Å². The molecule has 0 N–H and O–H groups in total. The summed E-state index contributed by atoms with van der Waals surface area (Å²) < 4.78 is 16.0. The SMILES string of the molecule is COc1ccccc1OCc1nnc(SC)o1. The summed E-state index contributed by atoms with van der Waals surface area (Å²) in [6.07, 6.45) is 1.87. The zero-order chi connectivity index (χ0) is 12.1. The van der Waals surface area contributed by atoms with Crippen LogP contribution in [0, 0.1) is 0 Å². The number of thioether (sulfide) groups is 1. The van der Waals surface area contributed by atoms with Crippen molar-refractivity contribution < 1.29 is 13.9 Å². The van der Waals surface area contributed by atoms with Crippen molar-refractivity contribution in [3.63, 3.8) is 0 Å². The van der Waals surface area contributed by atoms with Gasteiger partial charge in [-0.05, 0) is 18.4 Å². The van der Waals surface area contributed by atoms with Gasteiger partial charge in [0.1, 0.15) is 0 Å². The number of nitrogens with zero attached hydrogens (tertiary/aromatic N) is 2. The van der Waals surface area contributed by atoms with Gasteiger partial charge in [-0.3, -0.25) is 0 Å². The lowest BCUT2D eigenvalue weighted by Gasteiger charge is -2.07. The van der Waals surface area contributed by atoms with E-state index in [-0.39, 0.29) is 6.61 Å². The van der Waals surface area contributed by atoms with E-state index in [0.717, 1.165) is 0 Å². The fraction of sp³-hybridized carbons (Fsp3) is 0.273. The molecule has 6 heteroatoms. The average Bonchev–Trinajstić information content (AvgIpc) is 2.84. The van der Waals surface area contributed by atoms with E-state index in [2.05, 4.69) is 10.2 Å². The molecule has 0 saturated carbocycles. The lowest BCUT2D eigenvalue weighted by atomic mass is 10.3. The highest BCUT2D eigenvalue weighted by atomic mass is 32.2. The summed E-state index contributed by atoms with van der Waals surface area (Å²) in [6.45, 7) is 0.230. The maximum Gasteiger partial charge on any atom is 0.276 e. The lowest BCUT2D eigenvalue weighted by Crippen LogP contribution is -1.97. The van der Waals surface area contributed by atoms with Crippen LogP contribution in [0.3, 0.4) is 0 Å². The van der Waals surface area contributed by atoms with Gasteiger partial charge in [0.2, 0.25) is 0 Å². The van der Waals surface area contributed by atoms with E-state index in [4.69, 9.17) is 13.9 Å². The third kappa shape index (κ3) is 2.91. The van der Waals surface area contributed by atoms with Gasteiger partial charge in [-0.1, -0.05) is 23.9 Å². The van der Waals surface area contributed by atoms with Crippen LogP contribution in [0.4, 0.5) is 0 Å². The largest absolute Gasteiger partial charge is 0.493 e. The van der Waals surface area contributed by atoms with Gasteiger partial charge in [-0.15, -0.1) is 10.2 Å². The molecule has 1 heterocycles. The molecule has 5 nitrogen and oxygen atoms in total. The monoisotopic (exact) mass is 252 g/mol. The van der Waals surface area contributed by atoms with Crippen LogP contribution in [0.25, 0.3) is 0 Å². The lowest BCUT2D eigenvalue weighted by molar-refractivity contribution is 0.241. The molecule has 1 aromatic carbocycles. The Balaban J connectivity index is 2.01. The molecule has 0 spiro atoms. The molecule has 1 aromatic heterocycles. The summed E-state index contributed by atoms with van der Waals surface area (Å²) in [7, 11) is 1.60.